The van der Waals surface area contributed by atoms with Gasteiger partial charge in [0.1, 0.15) is 11.9 Å². The molecule has 0 radical (unpaired) electrons. The van der Waals surface area contributed by atoms with E-state index in [0.717, 1.165) is 5.56 Å². The molecule has 2 aliphatic heterocycles. The number of methoxy groups -OCH3 is 2. The van der Waals surface area contributed by atoms with Crippen LogP contribution in [0.2, 0.25) is 0 Å². The van der Waals surface area contributed by atoms with E-state index in [1.807, 2.05) is 0 Å². The number of urea groups is 1. The first-order valence-corrected chi connectivity index (χ1v) is 9.65. The summed E-state index contributed by atoms with van der Waals surface area (Å²) in [7, 11) is 3.00. The van der Waals surface area contributed by atoms with E-state index < -0.39 is 6.03 Å². The Balaban J connectivity index is 1.67. The maximum absolute atomic E-state index is 13.2. The first-order valence-electron chi connectivity index (χ1n) is 9.65. The number of hydrogen-bond acceptors (Lipinski definition) is 8. The maximum atomic E-state index is 13.2. The van der Waals surface area contributed by atoms with Crippen molar-refractivity contribution in [3.8, 4) is 23.0 Å². The van der Waals surface area contributed by atoms with Crippen molar-refractivity contribution in [2.75, 3.05) is 21.0 Å². The number of hydrazone groups is 1. The highest BCUT2D eigenvalue weighted by atomic mass is 19.1. The second kappa shape index (κ2) is 9.00. The summed E-state index contributed by atoms with van der Waals surface area (Å²) in [6.45, 7) is -0.0137. The largest absolute Gasteiger partial charge is 0.492 e. The van der Waals surface area contributed by atoms with Crippen molar-refractivity contribution in [1.82, 2.24) is 5.43 Å². The molecule has 0 aliphatic carbocycles. The van der Waals surface area contributed by atoms with Gasteiger partial charge in [-0.05, 0) is 17.7 Å². The molecule has 0 aromatic heterocycles. The van der Waals surface area contributed by atoms with Gasteiger partial charge in [0, 0.05) is 24.0 Å². The third-order valence-electron chi connectivity index (χ3n) is 4.99. The van der Waals surface area contributed by atoms with E-state index in [2.05, 4.69) is 15.7 Å². The number of carbonyl (C=O) groups is 1. The van der Waals surface area contributed by atoms with Crippen molar-refractivity contribution in [1.29, 1.82) is 0 Å². The van der Waals surface area contributed by atoms with Gasteiger partial charge in [-0.15, -0.1) is 0 Å². The molecule has 0 bridgehead atoms. The van der Waals surface area contributed by atoms with Gasteiger partial charge in [-0.3, -0.25) is 0 Å². The Labute approximate surface area is 182 Å². The number of nitrogens with two attached hydrogens (primary N) is 1. The molecule has 2 aliphatic rings. The Morgan fingerprint density at radius 3 is 2.66 bits per heavy atom. The third kappa shape index (κ3) is 4.09. The van der Waals surface area contributed by atoms with Gasteiger partial charge in [0.15, 0.2) is 11.5 Å². The molecule has 0 fully saturated rings. The Bertz CT molecular complexity index is 1090. The molecule has 0 spiro atoms. The Kier molecular flexibility index (Phi) is 5.97. The molecule has 0 saturated carbocycles. The van der Waals surface area contributed by atoms with Crippen LogP contribution in [0.1, 0.15) is 23.1 Å². The van der Waals surface area contributed by atoms with Crippen molar-refractivity contribution in [2.24, 2.45) is 16.0 Å². The molecular weight excluding hydrogens is 423 g/mol. The van der Waals surface area contributed by atoms with E-state index in [-0.39, 0.29) is 18.7 Å². The van der Waals surface area contributed by atoms with Crippen LogP contribution in [0.15, 0.2) is 34.5 Å². The predicted molar refractivity (Wildman–Crippen MR) is 112 cm³/mol. The Hall–Kier alpha value is -4.02. The van der Waals surface area contributed by atoms with Crippen molar-refractivity contribution in [3.05, 3.63) is 46.8 Å². The van der Waals surface area contributed by atoms with Crippen molar-refractivity contribution < 1.29 is 33.0 Å². The summed E-state index contributed by atoms with van der Waals surface area (Å²) in [5.41, 5.74) is 9.91. The van der Waals surface area contributed by atoms with E-state index in [1.165, 1.54) is 32.6 Å². The smallest absolute Gasteiger partial charge is 0.332 e. The highest BCUT2D eigenvalue weighted by Gasteiger charge is 2.33. The molecule has 3 N–H and O–H groups in total. The monoisotopic (exact) mass is 444 g/mol. The third-order valence-corrected chi connectivity index (χ3v) is 4.99. The maximum Gasteiger partial charge on any atom is 0.332 e. The van der Waals surface area contributed by atoms with Crippen LogP contribution in [0.5, 0.6) is 23.0 Å². The number of primary amides is 1. The van der Waals surface area contributed by atoms with Crippen LogP contribution in [0.3, 0.4) is 0 Å². The van der Waals surface area contributed by atoms with Gasteiger partial charge in [0.2, 0.25) is 18.3 Å². The van der Waals surface area contributed by atoms with Gasteiger partial charge in [0.25, 0.3) is 0 Å². The lowest BCUT2D eigenvalue weighted by Gasteiger charge is -2.19. The molecule has 1 atom stereocenters. The van der Waals surface area contributed by atoms with Gasteiger partial charge < -0.3 is 29.5 Å². The molecule has 1 unspecified atom stereocenters. The quantitative estimate of drug-likeness (QED) is 0.499. The van der Waals surface area contributed by atoms with E-state index in [1.54, 1.807) is 12.1 Å². The van der Waals surface area contributed by atoms with E-state index >= 15 is 0 Å². The lowest BCUT2D eigenvalue weighted by molar-refractivity contribution is 0.0853. The van der Waals surface area contributed by atoms with Crippen LogP contribution in [0.4, 0.5) is 9.18 Å². The Morgan fingerprint density at radius 2 is 1.97 bits per heavy atom. The van der Waals surface area contributed by atoms with Crippen LogP contribution >= 0.6 is 0 Å². The number of nitrogens with zero attached hydrogens (tertiary/aromatic N) is 2. The number of oxime groups is 1. The topological polar surface area (TPSA) is 126 Å². The zero-order chi connectivity index (χ0) is 22.7. The summed E-state index contributed by atoms with van der Waals surface area (Å²) in [5, 5.41) is 8.03. The zero-order valence-corrected chi connectivity index (χ0v) is 17.4. The van der Waals surface area contributed by atoms with Crippen LogP contribution in [0.25, 0.3) is 0 Å². The van der Waals surface area contributed by atoms with E-state index in [4.69, 9.17) is 29.5 Å². The highest BCUT2D eigenvalue weighted by molar-refractivity contribution is 6.01. The average Bonchev–Trinajstić information content (AvgIpc) is 3.44. The molecule has 2 heterocycles. The SMILES string of the molecule is COc1c(CC2CC(c3ccc(F)cc3)=NO2)c(/C=N/NC(N)=O)c2c(c1OC)OCO2. The minimum absolute atomic E-state index is 0.0137. The van der Waals surface area contributed by atoms with Crippen LogP contribution in [-0.2, 0) is 11.3 Å². The molecule has 2 aromatic carbocycles. The van der Waals surface area contributed by atoms with Gasteiger partial charge in [-0.25, -0.2) is 14.6 Å². The minimum Gasteiger partial charge on any atom is -0.492 e. The molecule has 2 aromatic rings. The fourth-order valence-corrected chi connectivity index (χ4v) is 3.63. The number of carbonyl (C=O) groups excluding carboxylic acids is 1. The molecular formula is C21H21FN4O6. The number of amides is 2. The van der Waals surface area contributed by atoms with Crippen LogP contribution in [0, 0.1) is 5.82 Å². The van der Waals surface area contributed by atoms with E-state index in [9.17, 15) is 9.18 Å². The number of ether oxygens (including phenoxy) is 4. The van der Waals surface area contributed by atoms with Crippen LogP contribution < -0.4 is 30.1 Å². The summed E-state index contributed by atoms with van der Waals surface area (Å²) < 4.78 is 35.6. The number of nitrogens with one attached hydrogen (secondary N) is 1. The second-order valence-corrected chi connectivity index (χ2v) is 6.94. The van der Waals surface area contributed by atoms with Gasteiger partial charge in [-0.1, -0.05) is 17.3 Å². The molecule has 32 heavy (non-hydrogen) atoms. The molecule has 10 nitrogen and oxygen atoms in total. The van der Waals surface area contributed by atoms with Gasteiger partial charge >= 0.3 is 6.03 Å². The lowest BCUT2D eigenvalue weighted by atomic mass is 9.95. The number of hydrogen-bond donors (Lipinski definition) is 2. The standard InChI is InChI=1S/C21H21FN4O6/c1-28-17-14(7-13-8-16(26-32-13)11-3-5-12(22)6-4-11)15(9-24-25-21(23)27)18-20(19(17)29-2)31-10-30-18/h3-6,9,13H,7-8,10H2,1-2H3,(H3,23,25,27)/b24-9+. The molecule has 11 heteroatoms. The predicted octanol–water partition coefficient (Wildman–Crippen LogP) is 2.31. The highest BCUT2D eigenvalue weighted by Crippen LogP contribution is 2.52. The first kappa shape index (κ1) is 21.2. The molecule has 168 valence electrons. The minimum atomic E-state index is -0.812. The Morgan fingerprint density at radius 1 is 1.25 bits per heavy atom. The zero-order valence-electron chi connectivity index (χ0n) is 17.4. The van der Waals surface area contributed by atoms with Crippen molar-refractivity contribution in [3.63, 3.8) is 0 Å². The summed E-state index contributed by atoms with van der Waals surface area (Å²) in [5.74, 6) is 1.22. The number of benzene rings is 2. The number of halogens is 1. The first-order chi connectivity index (χ1) is 15.5. The second-order valence-electron chi connectivity index (χ2n) is 6.94. The normalized spacial score (nSPS) is 16.6. The van der Waals surface area contributed by atoms with Crippen molar-refractivity contribution >= 4 is 18.0 Å². The van der Waals surface area contributed by atoms with E-state index in [0.29, 0.717) is 52.7 Å². The summed E-state index contributed by atoms with van der Waals surface area (Å²) in [6, 6.07) is 5.23. The lowest BCUT2D eigenvalue weighted by Crippen LogP contribution is -2.24. The van der Waals surface area contributed by atoms with Gasteiger partial charge in [-0.2, -0.15) is 5.10 Å². The summed E-state index contributed by atoms with van der Waals surface area (Å²) in [6.07, 6.45) is 1.89. The summed E-state index contributed by atoms with van der Waals surface area (Å²) in [4.78, 5) is 16.7. The number of fused-ring (bicyclic) bond motifs is 1. The average molecular weight is 444 g/mol. The fraction of sp³-hybridized carbons (Fsp3) is 0.286. The molecule has 2 amide bonds. The summed E-state index contributed by atoms with van der Waals surface area (Å²) >= 11 is 0. The number of rotatable bonds is 7. The van der Waals surface area contributed by atoms with Crippen LogP contribution in [-0.4, -0.2) is 45.1 Å². The fourth-order valence-electron chi connectivity index (χ4n) is 3.63. The van der Waals surface area contributed by atoms with Crippen molar-refractivity contribution in [2.45, 2.75) is 18.9 Å². The van der Waals surface area contributed by atoms with Gasteiger partial charge in [0.05, 0.1) is 26.1 Å². The molecule has 4 rings (SSSR count). The molecule has 0 saturated heterocycles.